The van der Waals surface area contributed by atoms with Crippen molar-refractivity contribution in [3.63, 3.8) is 0 Å². The second-order valence-corrected chi connectivity index (χ2v) is 7.27. The molecule has 0 fully saturated rings. The second kappa shape index (κ2) is 6.97. The van der Waals surface area contributed by atoms with Crippen molar-refractivity contribution in [3.8, 4) is 0 Å². The summed E-state index contributed by atoms with van der Waals surface area (Å²) in [4.78, 5) is 4.56. The molecule has 2 nitrogen and oxygen atoms in total. The van der Waals surface area contributed by atoms with E-state index in [0.717, 1.165) is 32.6 Å². The van der Waals surface area contributed by atoms with Crippen LogP contribution < -0.4 is 5.32 Å². The maximum atomic E-state index is 4.56. The van der Waals surface area contributed by atoms with Crippen LogP contribution in [0.5, 0.6) is 0 Å². The highest BCUT2D eigenvalue weighted by Crippen LogP contribution is 2.26. The van der Waals surface area contributed by atoms with E-state index in [2.05, 4.69) is 72.7 Å². The van der Waals surface area contributed by atoms with Gasteiger partial charge in [0.1, 0.15) is 0 Å². The molecular formula is C14H16Br2N2S. The third kappa shape index (κ3) is 4.38. The summed E-state index contributed by atoms with van der Waals surface area (Å²) in [5.74, 6) is 0. The second-order valence-electron chi connectivity index (χ2n) is 4.38. The fraction of sp³-hybridized carbons (Fsp3) is 0.357. The van der Waals surface area contributed by atoms with Gasteiger partial charge in [-0.3, -0.25) is 0 Å². The average molecular weight is 404 g/mol. The van der Waals surface area contributed by atoms with E-state index in [1.54, 1.807) is 11.3 Å². The molecule has 5 heteroatoms. The number of benzene rings is 1. The number of nitrogens with one attached hydrogen (secondary N) is 1. The molecule has 0 amide bonds. The zero-order valence-electron chi connectivity index (χ0n) is 10.9. The number of thiazole rings is 1. The molecule has 1 aromatic carbocycles. The smallest absolute Gasteiger partial charge is 0.0897 e. The molecular weight excluding hydrogens is 388 g/mol. The van der Waals surface area contributed by atoms with E-state index in [-0.39, 0.29) is 0 Å². The van der Waals surface area contributed by atoms with E-state index in [4.69, 9.17) is 0 Å². The van der Waals surface area contributed by atoms with Gasteiger partial charge < -0.3 is 5.32 Å². The Morgan fingerprint density at radius 3 is 2.47 bits per heavy atom. The molecule has 0 saturated heterocycles. The Morgan fingerprint density at radius 2 is 1.95 bits per heavy atom. The fourth-order valence-electron chi connectivity index (χ4n) is 2.04. The lowest BCUT2D eigenvalue weighted by molar-refractivity contribution is 0.544. The number of hydrogen-bond donors (Lipinski definition) is 1. The van der Waals surface area contributed by atoms with Gasteiger partial charge in [0.05, 0.1) is 10.7 Å². The number of aromatic nitrogens is 1. The summed E-state index contributed by atoms with van der Waals surface area (Å²) >= 11 is 8.81. The predicted octanol–water partition coefficient (Wildman–Crippen LogP) is 4.87. The summed E-state index contributed by atoms with van der Waals surface area (Å²) in [6.07, 6.45) is 0.918. The summed E-state index contributed by atoms with van der Waals surface area (Å²) in [5, 5.41) is 6.81. The van der Waals surface area contributed by atoms with Gasteiger partial charge >= 0.3 is 0 Å². The van der Waals surface area contributed by atoms with E-state index < -0.39 is 0 Å². The Hall–Kier alpha value is -0.230. The minimum atomic E-state index is 0.292. The first-order valence-electron chi connectivity index (χ1n) is 6.19. The van der Waals surface area contributed by atoms with Crippen LogP contribution in [0.25, 0.3) is 0 Å². The summed E-state index contributed by atoms with van der Waals surface area (Å²) in [7, 11) is 0. The van der Waals surface area contributed by atoms with Crippen LogP contribution in [-0.4, -0.2) is 11.5 Å². The molecule has 2 rings (SSSR count). The highest BCUT2D eigenvalue weighted by Gasteiger charge is 2.14. The SMILES string of the molecule is CCNC(Cc1csc(C)n1)c1cc(Br)cc(Br)c1. The van der Waals surface area contributed by atoms with Gasteiger partial charge in [-0.1, -0.05) is 38.8 Å². The van der Waals surface area contributed by atoms with Crippen LogP contribution in [0, 0.1) is 6.92 Å². The maximum Gasteiger partial charge on any atom is 0.0897 e. The van der Waals surface area contributed by atoms with Crippen LogP contribution in [0.1, 0.15) is 29.2 Å². The van der Waals surface area contributed by atoms with E-state index in [9.17, 15) is 0 Å². The fourth-order valence-corrected chi connectivity index (χ4v) is 4.00. The molecule has 0 aliphatic carbocycles. The minimum absolute atomic E-state index is 0.292. The Kier molecular flexibility index (Phi) is 5.57. The lowest BCUT2D eigenvalue weighted by Crippen LogP contribution is -2.23. The van der Waals surface area contributed by atoms with Crippen LogP contribution in [0.4, 0.5) is 0 Å². The van der Waals surface area contributed by atoms with Crippen LogP contribution in [-0.2, 0) is 6.42 Å². The summed E-state index contributed by atoms with van der Waals surface area (Å²) in [6.45, 7) is 5.12. The molecule has 1 unspecified atom stereocenters. The number of hydrogen-bond acceptors (Lipinski definition) is 3. The van der Waals surface area contributed by atoms with Gasteiger partial charge in [-0.15, -0.1) is 11.3 Å². The van der Waals surface area contributed by atoms with Crippen LogP contribution >= 0.6 is 43.2 Å². The average Bonchev–Trinajstić information content (AvgIpc) is 2.73. The van der Waals surface area contributed by atoms with Gasteiger partial charge in [0.25, 0.3) is 0 Å². The van der Waals surface area contributed by atoms with Crippen molar-refractivity contribution >= 4 is 43.2 Å². The largest absolute Gasteiger partial charge is 0.310 e. The number of halogens is 2. The molecule has 19 heavy (non-hydrogen) atoms. The van der Waals surface area contributed by atoms with Gasteiger partial charge in [0, 0.05) is 26.8 Å². The van der Waals surface area contributed by atoms with Gasteiger partial charge in [0.15, 0.2) is 0 Å². The zero-order valence-corrected chi connectivity index (χ0v) is 14.9. The Morgan fingerprint density at radius 1 is 1.26 bits per heavy atom. The third-order valence-corrected chi connectivity index (χ3v) is 4.56. The lowest BCUT2D eigenvalue weighted by Gasteiger charge is -2.18. The lowest BCUT2D eigenvalue weighted by atomic mass is 10.0. The Labute approximate surface area is 134 Å². The predicted molar refractivity (Wildman–Crippen MR) is 88.8 cm³/mol. The molecule has 1 N–H and O–H groups in total. The summed E-state index contributed by atoms with van der Waals surface area (Å²) in [5.41, 5.74) is 2.43. The van der Waals surface area contributed by atoms with E-state index in [0.29, 0.717) is 6.04 Å². The van der Waals surface area contributed by atoms with Gasteiger partial charge in [0.2, 0.25) is 0 Å². The molecule has 0 aliphatic heterocycles. The normalized spacial score (nSPS) is 12.6. The van der Waals surface area contributed by atoms with Crippen LogP contribution in [0.15, 0.2) is 32.5 Å². The van der Waals surface area contributed by atoms with Crippen molar-refractivity contribution < 1.29 is 0 Å². The van der Waals surface area contributed by atoms with Crippen LogP contribution in [0.3, 0.4) is 0 Å². The Bertz CT molecular complexity index is 534. The topological polar surface area (TPSA) is 24.9 Å². The molecule has 1 aromatic heterocycles. The van der Waals surface area contributed by atoms with Crippen LogP contribution in [0.2, 0.25) is 0 Å². The van der Waals surface area contributed by atoms with E-state index >= 15 is 0 Å². The van der Waals surface area contributed by atoms with Gasteiger partial charge in [-0.25, -0.2) is 4.98 Å². The highest BCUT2D eigenvalue weighted by molar-refractivity contribution is 9.11. The monoisotopic (exact) mass is 402 g/mol. The van der Waals surface area contributed by atoms with Gasteiger partial charge in [-0.2, -0.15) is 0 Å². The van der Waals surface area contributed by atoms with Crippen molar-refractivity contribution in [2.24, 2.45) is 0 Å². The molecule has 0 spiro atoms. The standard InChI is InChI=1S/C14H16Br2N2S/c1-3-17-14(7-13-8-19-9(2)18-13)10-4-11(15)6-12(16)5-10/h4-6,8,14,17H,3,7H2,1-2H3. The molecule has 2 aromatic rings. The van der Waals surface area contributed by atoms with Crippen molar-refractivity contribution in [2.45, 2.75) is 26.3 Å². The summed E-state index contributed by atoms with van der Waals surface area (Å²) in [6, 6.07) is 6.67. The van der Waals surface area contributed by atoms with Gasteiger partial charge in [-0.05, 0) is 37.2 Å². The molecule has 1 atom stereocenters. The molecule has 0 radical (unpaired) electrons. The zero-order chi connectivity index (χ0) is 13.8. The number of aryl methyl sites for hydroxylation is 1. The summed E-state index contributed by atoms with van der Waals surface area (Å²) < 4.78 is 2.18. The van der Waals surface area contributed by atoms with Crippen molar-refractivity contribution in [3.05, 3.63) is 48.8 Å². The molecule has 102 valence electrons. The van der Waals surface area contributed by atoms with E-state index in [1.807, 2.05) is 6.92 Å². The molecule has 1 heterocycles. The molecule has 0 aliphatic rings. The Balaban J connectivity index is 2.23. The van der Waals surface area contributed by atoms with Crippen molar-refractivity contribution in [1.82, 2.24) is 10.3 Å². The first-order chi connectivity index (χ1) is 9.08. The van der Waals surface area contributed by atoms with Crippen molar-refractivity contribution in [1.29, 1.82) is 0 Å². The minimum Gasteiger partial charge on any atom is -0.310 e. The number of likely N-dealkylation sites (N-methyl/N-ethyl adjacent to an activating group) is 1. The molecule has 0 bridgehead atoms. The number of rotatable bonds is 5. The van der Waals surface area contributed by atoms with Crippen molar-refractivity contribution in [2.75, 3.05) is 6.54 Å². The van der Waals surface area contributed by atoms with E-state index in [1.165, 1.54) is 5.56 Å². The highest BCUT2D eigenvalue weighted by atomic mass is 79.9. The third-order valence-electron chi connectivity index (χ3n) is 2.82. The number of nitrogens with zero attached hydrogens (tertiary/aromatic N) is 1. The molecule has 0 saturated carbocycles. The first-order valence-corrected chi connectivity index (χ1v) is 8.65. The first kappa shape index (κ1) is 15.2. The maximum absolute atomic E-state index is 4.56. The quantitative estimate of drug-likeness (QED) is 0.770.